The van der Waals surface area contributed by atoms with Crippen LogP contribution in [0.25, 0.3) is 0 Å². The lowest BCUT2D eigenvalue weighted by molar-refractivity contribution is 0.120. The summed E-state index contributed by atoms with van der Waals surface area (Å²) in [7, 11) is 0. The van der Waals surface area contributed by atoms with Crippen molar-refractivity contribution in [1.29, 1.82) is 0 Å². The Bertz CT molecular complexity index is 597. The molecule has 0 bridgehead atoms. The monoisotopic (exact) mass is 343 g/mol. The Morgan fingerprint density at radius 1 is 1.48 bits per heavy atom. The second-order valence-corrected chi connectivity index (χ2v) is 7.20. The van der Waals surface area contributed by atoms with E-state index in [4.69, 9.17) is 16.3 Å². The molecule has 1 unspecified atom stereocenters. The van der Waals surface area contributed by atoms with E-state index in [9.17, 15) is 0 Å². The molecule has 2 aromatic rings. The normalized spacial score (nSPS) is 18.1. The van der Waals surface area contributed by atoms with Crippen LogP contribution in [0, 0.1) is 6.92 Å². The minimum Gasteiger partial charge on any atom is -0.376 e. The Balaban J connectivity index is 1.59. The molecule has 0 radical (unpaired) electrons. The molecule has 9 heteroatoms. The van der Waals surface area contributed by atoms with Crippen molar-refractivity contribution in [3.8, 4) is 0 Å². The summed E-state index contributed by atoms with van der Waals surface area (Å²) in [5.41, 5.74) is 0. The molecule has 0 aliphatic carbocycles. The number of ether oxygens (including phenoxy) is 1. The van der Waals surface area contributed by atoms with Gasteiger partial charge in [0.15, 0.2) is 4.34 Å². The SMILES string of the molecule is Cc1nc(Cl)cc(Sc2nnc(NCC3CCCO3)s2)n1. The third-order valence-corrected chi connectivity index (χ3v) is 4.93. The van der Waals surface area contributed by atoms with Gasteiger partial charge in [0.1, 0.15) is 16.0 Å². The Morgan fingerprint density at radius 2 is 2.38 bits per heavy atom. The minimum absolute atomic E-state index is 0.285. The maximum absolute atomic E-state index is 5.92. The largest absolute Gasteiger partial charge is 0.376 e. The molecule has 3 heterocycles. The Hall–Kier alpha value is -0.960. The van der Waals surface area contributed by atoms with Crippen LogP contribution in [0.15, 0.2) is 15.4 Å². The lowest BCUT2D eigenvalue weighted by Crippen LogP contribution is -2.18. The number of rotatable bonds is 5. The van der Waals surface area contributed by atoms with Crippen LogP contribution in [0.3, 0.4) is 0 Å². The van der Waals surface area contributed by atoms with Crippen LogP contribution in [-0.2, 0) is 4.74 Å². The van der Waals surface area contributed by atoms with Crippen molar-refractivity contribution in [2.45, 2.75) is 35.2 Å². The van der Waals surface area contributed by atoms with E-state index in [0.29, 0.717) is 11.0 Å². The lowest BCUT2D eigenvalue weighted by atomic mass is 10.2. The molecule has 1 saturated heterocycles. The van der Waals surface area contributed by atoms with E-state index < -0.39 is 0 Å². The summed E-state index contributed by atoms with van der Waals surface area (Å²) >= 11 is 8.85. The van der Waals surface area contributed by atoms with Gasteiger partial charge in [-0.05, 0) is 31.5 Å². The van der Waals surface area contributed by atoms with Crippen LogP contribution in [0.2, 0.25) is 5.15 Å². The van der Waals surface area contributed by atoms with Gasteiger partial charge >= 0.3 is 0 Å². The molecule has 1 fully saturated rings. The quantitative estimate of drug-likeness (QED) is 0.836. The highest BCUT2D eigenvalue weighted by molar-refractivity contribution is 8.01. The summed E-state index contributed by atoms with van der Waals surface area (Å²) in [5.74, 6) is 0.645. The van der Waals surface area contributed by atoms with E-state index in [2.05, 4.69) is 25.5 Å². The van der Waals surface area contributed by atoms with E-state index >= 15 is 0 Å². The number of halogens is 1. The van der Waals surface area contributed by atoms with Gasteiger partial charge in [0.05, 0.1) is 6.10 Å². The molecule has 0 spiro atoms. The molecule has 1 aliphatic heterocycles. The fourth-order valence-electron chi connectivity index (χ4n) is 1.98. The van der Waals surface area contributed by atoms with Crippen LogP contribution in [0.5, 0.6) is 0 Å². The molecule has 2 aromatic heterocycles. The highest BCUT2D eigenvalue weighted by atomic mass is 35.5. The summed E-state index contributed by atoms with van der Waals surface area (Å²) < 4.78 is 6.38. The summed E-state index contributed by atoms with van der Waals surface area (Å²) in [6, 6.07) is 1.72. The van der Waals surface area contributed by atoms with Crippen LogP contribution < -0.4 is 5.32 Å². The Morgan fingerprint density at radius 3 is 3.14 bits per heavy atom. The van der Waals surface area contributed by atoms with Crippen LogP contribution >= 0.6 is 34.7 Å². The molecule has 1 aliphatic rings. The molecule has 0 saturated carbocycles. The van der Waals surface area contributed by atoms with Gasteiger partial charge in [-0.2, -0.15) is 0 Å². The second-order valence-electron chi connectivity index (χ2n) is 4.57. The number of anilines is 1. The molecule has 6 nitrogen and oxygen atoms in total. The first-order chi connectivity index (χ1) is 10.2. The predicted octanol–water partition coefficient (Wildman–Crippen LogP) is 3.03. The van der Waals surface area contributed by atoms with Crippen molar-refractivity contribution >= 4 is 39.8 Å². The van der Waals surface area contributed by atoms with Gasteiger partial charge in [0.2, 0.25) is 5.13 Å². The molecule has 112 valence electrons. The summed E-state index contributed by atoms with van der Waals surface area (Å²) in [6.07, 6.45) is 2.53. The van der Waals surface area contributed by atoms with Crippen molar-refractivity contribution < 1.29 is 4.74 Å². The number of hydrogen-bond acceptors (Lipinski definition) is 8. The summed E-state index contributed by atoms with van der Waals surface area (Å²) in [5, 5.41) is 13.5. The third-order valence-electron chi connectivity index (χ3n) is 2.89. The Kier molecular flexibility index (Phi) is 4.89. The van der Waals surface area contributed by atoms with Gasteiger partial charge in [-0.15, -0.1) is 10.2 Å². The third kappa shape index (κ3) is 4.26. The standard InChI is InChI=1S/C12H14ClN5OS2/c1-7-15-9(13)5-10(16-7)20-12-18-17-11(21-12)14-6-8-3-2-4-19-8/h5,8H,2-4,6H2,1H3,(H,14,17). The molecule has 0 amide bonds. The minimum atomic E-state index is 0.285. The van der Waals surface area contributed by atoms with Crippen LogP contribution in [-0.4, -0.2) is 39.4 Å². The zero-order valence-corrected chi connectivity index (χ0v) is 13.8. The fraction of sp³-hybridized carbons (Fsp3) is 0.500. The van der Waals surface area contributed by atoms with E-state index in [1.54, 1.807) is 6.07 Å². The van der Waals surface area contributed by atoms with Crippen molar-refractivity contribution in [2.75, 3.05) is 18.5 Å². The topological polar surface area (TPSA) is 72.8 Å². The van der Waals surface area contributed by atoms with E-state index in [0.717, 1.165) is 40.5 Å². The number of nitrogens with zero attached hydrogens (tertiary/aromatic N) is 4. The first-order valence-corrected chi connectivity index (χ1v) is 8.58. The van der Waals surface area contributed by atoms with Crippen molar-refractivity contribution in [3.63, 3.8) is 0 Å². The van der Waals surface area contributed by atoms with Gasteiger partial charge in [-0.1, -0.05) is 22.9 Å². The zero-order valence-electron chi connectivity index (χ0n) is 11.4. The number of aromatic nitrogens is 4. The summed E-state index contributed by atoms with van der Waals surface area (Å²) in [6.45, 7) is 3.44. The van der Waals surface area contributed by atoms with Gasteiger partial charge in [0, 0.05) is 19.2 Å². The highest BCUT2D eigenvalue weighted by Gasteiger charge is 2.16. The molecular formula is C12H14ClN5OS2. The summed E-state index contributed by atoms with van der Waals surface area (Å²) in [4.78, 5) is 8.35. The molecule has 0 aromatic carbocycles. The van der Waals surface area contributed by atoms with Crippen molar-refractivity contribution in [3.05, 3.63) is 17.0 Å². The van der Waals surface area contributed by atoms with E-state index in [1.165, 1.54) is 23.1 Å². The maximum atomic E-state index is 5.92. The molecule has 3 rings (SSSR count). The van der Waals surface area contributed by atoms with Crippen LogP contribution in [0.4, 0.5) is 5.13 Å². The lowest BCUT2D eigenvalue weighted by Gasteiger charge is -2.08. The van der Waals surface area contributed by atoms with E-state index in [-0.39, 0.29) is 6.10 Å². The average molecular weight is 344 g/mol. The van der Waals surface area contributed by atoms with Gasteiger partial charge in [-0.3, -0.25) is 0 Å². The highest BCUT2D eigenvalue weighted by Crippen LogP contribution is 2.31. The van der Waals surface area contributed by atoms with Crippen molar-refractivity contribution in [1.82, 2.24) is 20.2 Å². The maximum Gasteiger partial charge on any atom is 0.206 e. The average Bonchev–Trinajstić information content (AvgIpc) is 3.06. The fourth-order valence-corrected chi connectivity index (χ4v) is 4.02. The zero-order chi connectivity index (χ0) is 14.7. The van der Waals surface area contributed by atoms with Crippen LogP contribution in [0.1, 0.15) is 18.7 Å². The van der Waals surface area contributed by atoms with Gasteiger partial charge < -0.3 is 10.1 Å². The first kappa shape index (κ1) is 15.0. The number of aryl methyl sites for hydroxylation is 1. The van der Waals surface area contributed by atoms with E-state index in [1.807, 2.05) is 6.92 Å². The van der Waals surface area contributed by atoms with Crippen molar-refractivity contribution in [2.24, 2.45) is 0 Å². The molecule has 1 atom stereocenters. The number of hydrogen-bond donors (Lipinski definition) is 1. The predicted molar refractivity (Wildman–Crippen MR) is 83.3 cm³/mol. The number of nitrogens with one attached hydrogen (secondary N) is 1. The second kappa shape index (κ2) is 6.87. The first-order valence-electron chi connectivity index (χ1n) is 6.57. The molecule has 1 N–H and O–H groups in total. The van der Waals surface area contributed by atoms with Gasteiger partial charge in [-0.25, -0.2) is 9.97 Å². The smallest absolute Gasteiger partial charge is 0.206 e. The Labute approximate surface area is 135 Å². The molecule has 21 heavy (non-hydrogen) atoms. The van der Waals surface area contributed by atoms with Gasteiger partial charge in [0.25, 0.3) is 0 Å². The molecular weight excluding hydrogens is 330 g/mol.